The van der Waals surface area contributed by atoms with Gasteiger partial charge in [-0.15, -0.1) is 0 Å². The van der Waals surface area contributed by atoms with Gasteiger partial charge in [-0.05, 0) is 76.1 Å². The molecule has 134 valence electrons. The van der Waals surface area contributed by atoms with Crippen molar-refractivity contribution in [1.82, 2.24) is 0 Å². The van der Waals surface area contributed by atoms with Crippen molar-refractivity contribution in [3.63, 3.8) is 0 Å². The van der Waals surface area contributed by atoms with Crippen molar-refractivity contribution in [2.24, 2.45) is 0 Å². The Hall–Kier alpha value is -2.69. The highest BCUT2D eigenvalue weighted by atomic mass is 79.9. The van der Waals surface area contributed by atoms with Crippen molar-refractivity contribution >= 4 is 45.4 Å². The Morgan fingerprint density at radius 1 is 0.889 bits per heavy atom. The number of ether oxygens (including phenoxy) is 1. The predicted octanol–water partition coefficient (Wildman–Crippen LogP) is 6.22. The lowest BCUT2D eigenvalue weighted by Gasteiger charge is -2.06. The van der Waals surface area contributed by atoms with E-state index in [1.807, 2.05) is 18.2 Å². The summed E-state index contributed by atoms with van der Waals surface area (Å²) in [6, 6.07) is 20.6. The molecule has 0 saturated heterocycles. The Kier molecular flexibility index (Phi) is 6.22. The van der Waals surface area contributed by atoms with Crippen LogP contribution in [0, 0.1) is 0 Å². The first-order valence-electron chi connectivity index (χ1n) is 8.08. The van der Waals surface area contributed by atoms with Gasteiger partial charge >= 0.3 is 5.97 Å². The molecule has 3 aromatic rings. The first-order valence-corrected chi connectivity index (χ1v) is 9.25. The third kappa shape index (κ3) is 5.16. The standard InChI is InChI=1S/C22H14BrClO3/c23-20-4-2-1-3-19(20)22(26)27-18-12-8-16(9-13-18)21(25)14-7-15-5-10-17(24)11-6-15/h1-14H. The lowest BCUT2D eigenvalue weighted by atomic mass is 10.1. The van der Waals surface area contributed by atoms with Crippen molar-refractivity contribution in [3.05, 3.63) is 105 Å². The Labute approximate surface area is 170 Å². The molecule has 3 aromatic carbocycles. The summed E-state index contributed by atoms with van der Waals surface area (Å²) in [7, 11) is 0. The molecule has 3 rings (SSSR count). The number of halogens is 2. The van der Waals surface area contributed by atoms with Gasteiger partial charge in [0.15, 0.2) is 5.78 Å². The minimum absolute atomic E-state index is 0.145. The minimum Gasteiger partial charge on any atom is -0.423 e. The highest BCUT2D eigenvalue weighted by Crippen LogP contribution is 2.20. The number of benzene rings is 3. The molecule has 0 atom stereocenters. The second-order valence-electron chi connectivity index (χ2n) is 5.64. The minimum atomic E-state index is -0.468. The van der Waals surface area contributed by atoms with Crippen molar-refractivity contribution in [3.8, 4) is 5.75 Å². The molecule has 0 aliphatic rings. The number of hydrogen-bond acceptors (Lipinski definition) is 3. The van der Waals surface area contributed by atoms with Crippen LogP contribution in [0.15, 0.2) is 83.3 Å². The van der Waals surface area contributed by atoms with Gasteiger partial charge in [0, 0.05) is 15.1 Å². The molecule has 0 heterocycles. The highest BCUT2D eigenvalue weighted by molar-refractivity contribution is 9.10. The molecule has 0 spiro atoms. The monoisotopic (exact) mass is 440 g/mol. The average molecular weight is 442 g/mol. The van der Waals surface area contributed by atoms with Crippen LogP contribution in [-0.4, -0.2) is 11.8 Å². The van der Waals surface area contributed by atoms with Crippen LogP contribution in [0.5, 0.6) is 5.75 Å². The number of hydrogen-bond donors (Lipinski definition) is 0. The van der Waals surface area contributed by atoms with Gasteiger partial charge in [0.1, 0.15) is 5.75 Å². The molecule has 0 N–H and O–H groups in total. The number of carbonyl (C=O) groups excluding carboxylic acids is 2. The van der Waals surface area contributed by atoms with Crippen molar-refractivity contribution in [1.29, 1.82) is 0 Å². The van der Waals surface area contributed by atoms with Gasteiger partial charge in [-0.1, -0.05) is 41.9 Å². The molecule has 0 aliphatic heterocycles. The molecule has 3 nitrogen and oxygen atoms in total. The Morgan fingerprint density at radius 3 is 2.22 bits per heavy atom. The summed E-state index contributed by atoms with van der Waals surface area (Å²) in [5, 5.41) is 0.645. The summed E-state index contributed by atoms with van der Waals surface area (Å²) in [5.41, 5.74) is 1.82. The maximum atomic E-state index is 12.3. The fourth-order valence-corrected chi connectivity index (χ4v) is 2.89. The molecule has 0 aromatic heterocycles. The van der Waals surface area contributed by atoms with E-state index in [1.54, 1.807) is 60.7 Å². The molecule has 27 heavy (non-hydrogen) atoms. The number of esters is 1. The fourth-order valence-electron chi connectivity index (χ4n) is 2.32. The quantitative estimate of drug-likeness (QED) is 0.204. The molecular weight excluding hydrogens is 428 g/mol. The first-order chi connectivity index (χ1) is 13.0. The number of rotatable bonds is 5. The summed E-state index contributed by atoms with van der Waals surface area (Å²) in [5.74, 6) is -0.244. The van der Waals surface area contributed by atoms with Gasteiger partial charge in [0.2, 0.25) is 0 Å². The molecule has 0 saturated carbocycles. The number of allylic oxidation sites excluding steroid dienone is 1. The normalized spacial score (nSPS) is 10.7. The average Bonchev–Trinajstić information content (AvgIpc) is 2.68. The van der Waals surface area contributed by atoms with E-state index in [4.69, 9.17) is 16.3 Å². The van der Waals surface area contributed by atoms with Crippen LogP contribution in [0.1, 0.15) is 26.3 Å². The third-order valence-electron chi connectivity index (χ3n) is 3.74. The van der Waals surface area contributed by atoms with Crippen LogP contribution >= 0.6 is 27.5 Å². The van der Waals surface area contributed by atoms with Crippen LogP contribution in [0.25, 0.3) is 6.08 Å². The molecule has 0 bridgehead atoms. The number of carbonyl (C=O) groups is 2. The van der Waals surface area contributed by atoms with Crippen LogP contribution in [0.2, 0.25) is 5.02 Å². The highest BCUT2D eigenvalue weighted by Gasteiger charge is 2.12. The van der Waals surface area contributed by atoms with E-state index >= 15 is 0 Å². The lowest BCUT2D eigenvalue weighted by Crippen LogP contribution is -2.09. The van der Waals surface area contributed by atoms with Crippen LogP contribution in [-0.2, 0) is 0 Å². The van der Waals surface area contributed by atoms with E-state index in [1.165, 1.54) is 6.08 Å². The Balaban J connectivity index is 1.66. The smallest absolute Gasteiger partial charge is 0.344 e. The fraction of sp³-hybridized carbons (Fsp3) is 0. The van der Waals surface area contributed by atoms with Gasteiger partial charge < -0.3 is 4.74 Å². The van der Waals surface area contributed by atoms with Crippen LogP contribution < -0.4 is 4.74 Å². The Morgan fingerprint density at radius 2 is 1.56 bits per heavy atom. The number of ketones is 1. The first kappa shape index (κ1) is 19.1. The zero-order valence-corrected chi connectivity index (χ0v) is 16.4. The van der Waals surface area contributed by atoms with Gasteiger partial charge in [0.05, 0.1) is 5.56 Å². The van der Waals surface area contributed by atoms with E-state index in [-0.39, 0.29) is 5.78 Å². The van der Waals surface area contributed by atoms with E-state index in [9.17, 15) is 9.59 Å². The van der Waals surface area contributed by atoms with Crippen LogP contribution in [0.3, 0.4) is 0 Å². The van der Waals surface area contributed by atoms with E-state index in [2.05, 4.69) is 15.9 Å². The molecular formula is C22H14BrClO3. The lowest BCUT2D eigenvalue weighted by molar-refractivity contribution is 0.0733. The molecule has 0 unspecified atom stereocenters. The SMILES string of the molecule is O=C(C=Cc1ccc(Cl)cc1)c1ccc(OC(=O)c2ccccc2Br)cc1. The summed E-state index contributed by atoms with van der Waals surface area (Å²) in [4.78, 5) is 24.5. The summed E-state index contributed by atoms with van der Waals surface area (Å²) >= 11 is 9.16. The second-order valence-corrected chi connectivity index (χ2v) is 6.93. The van der Waals surface area contributed by atoms with Gasteiger partial charge in [-0.25, -0.2) is 4.79 Å². The van der Waals surface area contributed by atoms with Crippen molar-refractivity contribution < 1.29 is 14.3 Å². The predicted molar refractivity (Wildman–Crippen MR) is 110 cm³/mol. The summed E-state index contributed by atoms with van der Waals surface area (Å²) in [6.07, 6.45) is 3.21. The third-order valence-corrected chi connectivity index (χ3v) is 4.68. The summed E-state index contributed by atoms with van der Waals surface area (Å²) in [6.45, 7) is 0. The summed E-state index contributed by atoms with van der Waals surface area (Å²) < 4.78 is 6.01. The molecule has 5 heteroatoms. The Bertz CT molecular complexity index is 993. The van der Waals surface area contributed by atoms with Crippen molar-refractivity contribution in [2.75, 3.05) is 0 Å². The van der Waals surface area contributed by atoms with E-state index < -0.39 is 5.97 Å². The largest absolute Gasteiger partial charge is 0.423 e. The zero-order chi connectivity index (χ0) is 19.2. The second kappa shape index (κ2) is 8.80. The zero-order valence-electron chi connectivity index (χ0n) is 14.1. The van der Waals surface area contributed by atoms with E-state index in [0.717, 1.165) is 5.56 Å². The molecule has 0 aliphatic carbocycles. The molecule has 0 fully saturated rings. The maximum absolute atomic E-state index is 12.3. The molecule has 0 radical (unpaired) electrons. The van der Waals surface area contributed by atoms with E-state index in [0.29, 0.717) is 26.4 Å². The van der Waals surface area contributed by atoms with Gasteiger partial charge in [0.25, 0.3) is 0 Å². The topological polar surface area (TPSA) is 43.4 Å². The maximum Gasteiger partial charge on any atom is 0.344 e. The van der Waals surface area contributed by atoms with Crippen LogP contribution in [0.4, 0.5) is 0 Å². The van der Waals surface area contributed by atoms with Gasteiger partial charge in [-0.3, -0.25) is 4.79 Å². The van der Waals surface area contributed by atoms with Gasteiger partial charge in [-0.2, -0.15) is 0 Å². The van der Waals surface area contributed by atoms with Crippen molar-refractivity contribution in [2.45, 2.75) is 0 Å². The molecule has 0 amide bonds.